The van der Waals surface area contributed by atoms with Crippen molar-refractivity contribution in [2.45, 2.75) is 76.4 Å². The molecule has 0 bridgehead atoms. The van der Waals surface area contributed by atoms with E-state index in [1.807, 2.05) is 6.92 Å². The van der Waals surface area contributed by atoms with E-state index in [9.17, 15) is 0 Å². The Balaban J connectivity index is 0.00000420. The Morgan fingerprint density at radius 3 is 2.66 bits per heavy atom. The number of aryl methyl sites for hydroxylation is 1. The van der Waals surface area contributed by atoms with E-state index in [1.165, 1.54) is 25.7 Å². The normalized spacial score (nSPS) is 14.8. The number of ether oxygens (including phenoxy) is 1. The smallest absolute Gasteiger partial charge is 0.191 e. The summed E-state index contributed by atoms with van der Waals surface area (Å²) in [4.78, 5) is 4.72. The second kappa shape index (κ2) is 16.2. The van der Waals surface area contributed by atoms with Crippen LogP contribution in [0, 0.1) is 0 Å². The molecule has 1 aromatic heterocycles. The third-order valence-corrected chi connectivity index (χ3v) is 5.64. The van der Waals surface area contributed by atoms with Gasteiger partial charge in [0.25, 0.3) is 0 Å². The Hall–Kier alpha value is -0.550. The number of nitrogens with zero attached hydrogens (tertiary/aromatic N) is 4. The zero-order valence-corrected chi connectivity index (χ0v) is 21.4. The molecule has 1 aliphatic carbocycles. The summed E-state index contributed by atoms with van der Waals surface area (Å²) in [6.45, 7) is 8.35. The van der Waals surface area contributed by atoms with Gasteiger partial charge in [-0.25, -0.2) is 0 Å². The van der Waals surface area contributed by atoms with Crippen LogP contribution in [0.3, 0.4) is 0 Å². The zero-order chi connectivity index (χ0) is 20.0. The predicted octanol–water partition coefficient (Wildman–Crippen LogP) is 4.04. The Kier molecular flexibility index (Phi) is 14.8. The third kappa shape index (κ3) is 9.42. The van der Waals surface area contributed by atoms with Crippen LogP contribution in [0.1, 0.15) is 70.7 Å². The quantitative estimate of drug-likeness (QED) is 0.130. The van der Waals surface area contributed by atoms with Crippen LogP contribution < -0.4 is 10.6 Å². The molecule has 168 valence electrons. The number of guanidine groups is 1. The number of unbranched alkanes of at least 4 members (excludes halogenated alkanes) is 1. The van der Waals surface area contributed by atoms with Gasteiger partial charge in [0.1, 0.15) is 5.82 Å². The number of hydrogen-bond acceptors (Lipinski definition) is 5. The molecule has 0 unspecified atom stereocenters. The van der Waals surface area contributed by atoms with E-state index in [-0.39, 0.29) is 24.0 Å². The number of halogens is 1. The van der Waals surface area contributed by atoms with Crippen LogP contribution in [-0.2, 0) is 11.2 Å². The first-order valence-corrected chi connectivity index (χ1v) is 12.1. The van der Waals surface area contributed by atoms with Crippen LogP contribution >= 0.6 is 35.7 Å². The first-order chi connectivity index (χ1) is 13.8. The SMILES string of the molecule is CCNC(=NCCCc1nnc(SC)n1C1CCCC1)NCCCCOCC.I. The summed E-state index contributed by atoms with van der Waals surface area (Å²) in [6.07, 6.45) is 11.3. The van der Waals surface area contributed by atoms with Crippen LogP contribution in [0.15, 0.2) is 10.1 Å². The van der Waals surface area contributed by atoms with Crippen LogP contribution in [0.2, 0.25) is 0 Å². The molecule has 0 aliphatic heterocycles. The highest BCUT2D eigenvalue weighted by molar-refractivity contribution is 14.0. The molecule has 0 radical (unpaired) electrons. The first-order valence-electron chi connectivity index (χ1n) is 10.9. The van der Waals surface area contributed by atoms with E-state index in [1.54, 1.807) is 11.8 Å². The Bertz CT molecular complexity index is 577. The summed E-state index contributed by atoms with van der Waals surface area (Å²) in [6, 6.07) is 0.589. The average molecular weight is 539 g/mol. The fourth-order valence-corrected chi connectivity index (χ4v) is 4.17. The van der Waals surface area contributed by atoms with Crippen molar-refractivity contribution in [2.24, 2.45) is 4.99 Å². The largest absolute Gasteiger partial charge is 0.382 e. The lowest BCUT2D eigenvalue weighted by Crippen LogP contribution is -2.38. The Morgan fingerprint density at radius 2 is 1.97 bits per heavy atom. The fraction of sp³-hybridized carbons (Fsp3) is 0.850. The molecule has 2 rings (SSSR count). The maximum absolute atomic E-state index is 5.38. The van der Waals surface area contributed by atoms with Crippen molar-refractivity contribution in [3.63, 3.8) is 0 Å². The highest BCUT2D eigenvalue weighted by Gasteiger charge is 2.23. The van der Waals surface area contributed by atoms with Gasteiger partial charge in [0.05, 0.1) is 0 Å². The maximum Gasteiger partial charge on any atom is 0.191 e. The molecule has 1 fully saturated rings. The van der Waals surface area contributed by atoms with E-state index in [2.05, 4.69) is 38.6 Å². The summed E-state index contributed by atoms with van der Waals surface area (Å²) < 4.78 is 7.77. The van der Waals surface area contributed by atoms with E-state index < -0.39 is 0 Å². The lowest BCUT2D eigenvalue weighted by atomic mass is 10.2. The highest BCUT2D eigenvalue weighted by atomic mass is 127. The van der Waals surface area contributed by atoms with Gasteiger partial charge in [-0.2, -0.15) is 0 Å². The molecule has 1 aliphatic rings. The van der Waals surface area contributed by atoms with Crippen molar-refractivity contribution < 1.29 is 4.74 Å². The molecular formula is C20H39IN6OS. The van der Waals surface area contributed by atoms with Crippen molar-refractivity contribution in [1.29, 1.82) is 0 Å². The van der Waals surface area contributed by atoms with Gasteiger partial charge in [-0.3, -0.25) is 4.99 Å². The second-order valence-electron chi connectivity index (χ2n) is 7.11. The second-order valence-corrected chi connectivity index (χ2v) is 7.88. The Labute approximate surface area is 197 Å². The molecule has 9 heteroatoms. The lowest BCUT2D eigenvalue weighted by Gasteiger charge is -2.16. The minimum atomic E-state index is 0. The number of aromatic nitrogens is 3. The van der Waals surface area contributed by atoms with E-state index in [0.29, 0.717) is 6.04 Å². The zero-order valence-electron chi connectivity index (χ0n) is 18.3. The van der Waals surface area contributed by atoms with Gasteiger partial charge in [0.2, 0.25) is 0 Å². The van der Waals surface area contributed by atoms with Gasteiger partial charge < -0.3 is 19.9 Å². The molecule has 1 heterocycles. The van der Waals surface area contributed by atoms with Crippen LogP contribution in [-0.4, -0.2) is 59.8 Å². The number of rotatable bonds is 13. The molecule has 0 aromatic carbocycles. The number of thioether (sulfide) groups is 1. The van der Waals surface area contributed by atoms with Gasteiger partial charge >= 0.3 is 0 Å². The van der Waals surface area contributed by atoms with Gasteiger partial charge in [-0.05, 0) is 52.2 Å². The summed E-state index contributed by atoms with van der Waals surface area (Å²) in [5.74, 6) is 2.03. The molecule has 2 N–H and O–H groups in total. The van der Waals surface area contributed by atoms with E-state index in [4.69, 9.17) is 9.73 Å². The van der Waals surface area contributed by atoms with Crippen molar-refractivity contribution in [3.05, 3.63) is 5.82 Å². The van der Waals surface area contributed by atoms with Crippen LogP contribution in [0.4, 0.5) is 0 Å². The molecule has 1 aromatic rings. The van der Waals surface area contributed by atoms with Gasteiger partial charge in [-0.1, -0.05) is 24.6 Å². The van der Waals surface area contributed by atoms with Crippen molar-refractivity contribution in [1.82, 2.24) is 25.4 Å². The third-order valence-electron chi connectivity index (χ3n) is 4.99. The average Bonchev–Trinajstić information content (AvgIpc) is 3.36. The standard InChI is InChI=1S/C20H38N6OS.HI/c1-4-21-19(22-14-8-9-16-27-5-2)23-15-10-13-18-24-25-20(28-3)26(18)17-11-6-7-12-17;/h17H,4-16H2,1-3H3,(H2,21,22,23);1H. The van der Waals surface area contributed by atoms with Gasteiger partial charge in [0.15, 0.2) is 11.1 Å². The minimum absolute atomic E-state index is 0. The molecule has 29 heavy (non-hydrogen) atoms. The van der Waals surface area contributed by atoms with Crippen molar-refractivity contribution >= 4 is 41.7 Å². The van der Waals surface area contributed by atoms with Gasteiger partial charge in [0, 0.05) is 45.3 Å². The number of nitrogens with one attached hydrogen (secondary N) is 2. The van der Waals surface area contributed by atoms with Crippen LogP contribution in [0.5, 0.6) is 0 Å². The topological polar surface area (TPSA) is 76.4 Å². The summed E-state index contributed by atoms with van der Waals surface area (Å²) in [5.41, 5.74) is 0. The van der Waals surface area contributed by atoms with Crippen LogP contribution in [0.25, 0.3) is 0 Å². The molecule has 0 atom stereocenters. The molecule has 7 nitrogen and oxygen atoms in total. The number of aliphatic imine (C=N–C) groups is 1. The van der Waals surface area contributed by atoms with E-state index >= 15 is 0 Å². The minimum Gasteiger partial charge on any atom is -0.382 e. The molecule has 0 spiro atoms. The summed E-state index contributed by atoms with van der Waals surface area (Å²) >= 11 is 1.70. The van der Waals surface area contributed by atoms with Crippen molar-refractivity contribution in [2.75, 3.05) is 39.1 Å². The number of hydrogen-bond donors (Lipinski definition) is 2. The summed E-state index contributed by atoms with van der Waals surface area (Å²) in [7, 11) is 0. The lowest BCUT2D eigenvalue weighted by molar-refractivity contribution is 0.143. The fourth-order valence-electron chi connectivity index (χ4n) is 3.60. The predicted molar refractivity (Wildman–Crippen MR) is 133 cm³/mol. The Morgan fingerprint density at radius 1 is 1.17 bits per heavy atom. The molecular weight excluding hydrogens is 499 g/mol. The first kappa shape index (κ1) is 26.5. The molecule has 0 amide bonds. The molecule has 0 saturated heterocycles. The highest BCUT2D eigenvalue weighted by Crippen LogP contribution is 2.33. The monoisotopic (exact) mass is 538 g/mol. The molecule has 1 saturated carbocycles. The maximum atomic E-state index is 5.38. The summed E-state index contributed by atoms with van der Waals surface area (Å²) in [5, 5.41) is 16.7. The van der Waals surface area contributed by atoms with E-state index in [0.717, 1.165) is 75.5 Å². The van der Waals surface area contributed by atoms with Crippen molar-refractivity contribution in [3.8, 4) is 0 Å². The van der Waals surface area contributed by atoms with Gasteiger partial charge in [-0.15, -0.1) is 34.2 Å².